The van der Waals surface area contributed by atoms with Crippen LogP contribution in [0.4, 0.5) is 15.8 Å². The Morgan fingerprint density at radius 2 is 1.72 bits per heavy atom. The third kappa shape index (κ3) is 7.39. The molecule has 0 aliphatic heterocycles. The molecule has 186 valence electrons. The normalized spacial score (nSPS) is 10.6. The number of nitrogens with zero attached hydrogens (tertiary/aromatic N) is 1. The second-order valence-corrected chi connectivity index (χ2v) is 8.55. The number of hydrogen-bond acceptors (Lipinski definition) is 6. The van der Waals surface area contributed by atoms with Gasteiger partial charge in [0.2, 0.25) is 0 Å². The summed E-state index contributed by atoms with van der Waals surface area (Å²) in [5.74, 6) is -2.60. The van der Waals surface area contributed by atoms with E-state index in [1.165, 1.54) is 31.5 Å². The molecule has 0 radical (unpaired) electrons. The van der Waals surface area contributed by atoms with E-state index in [9.17, 15) is 18.8 Å². The minimum Gasteiger partial charge on any atom is -0.493 e. The minimum atomic E-state index is -1.08. The van der Waals surface area contributed by atoms with Gasteiger partial charge in [-0.15, -0.1) is 0 Å². The number of amides is 3. The number of anilines is 2. The number of halogens is 3. The Kier molecular flexibility index (Phi) is 9.59. The van der Waals surface area contributed by atoms with Crippen molar-refractivity contribution in [1.82, 2.24) is 5.43 Å². The van der Waals surface area contributed by atoms with Crippen LogP contribution in [0.5, 0.6) is 11.5 Å². The van der Waals surface area contributed by atoms with Crippen LogP contribution in [0.2, 0.25) is 5.02 Å². The summed E-state index contributed by atoms with van der Waals surface area (Å²) in [5.41, 5.74) is 2.92. The van der Waals surface area contributed by atoms with Gasteiger partial charge in [-0.3, -0.25) is 14.4 Å². The Morgan fingerprint density at radius 1 is 1.03 bits per heavy atom. The van der Waals surface area contributed by atoms with Crippen LogP contribution in [0.1, 0.15) is 5.56 Å². The average molecular weight is 625 g/mol. The van der Waals surface area contributed by atoms with E-state index in [0.29, 0.717) is 31.3 Å². The fourth-order valence-electron chi connectivity index (χ4n) is 2.80. The van der Waals surface area contributed by atoms with Gasteiger partial charge >= 0.3 is 11.8 Å². The van der Waals surface area contributed by atoms with E-state index in [1.54, 1.807) is 36.4 Å². The number of hydrogen-bond donors (Lipinski definition) is 3. The van der Waals surface area contributed by atoms with Crippen LogP contribution in [0.3, 0.4) is 0 Å². The predicted molar refractivity (Wildman–Crippen MR) is 142 cm³/mol. The van der Waals surface area contributed by atoms with Crippen LogP contribution >= 0.6 is 34.2 Å². The number of carbonyl (C=O) groups excluding carboxylic acids is 3. The van der Waals surface area contributed by atoms with Crippen molar-refractivity contribution in [3.63, 3.8) is 0 Å². The minimum absolute atomic E-state index is 0.128. The first-order valence-electron chi connectivity index (χ1n) is 10.2. The summed E-state index contributed by atoms with van der Waals surface area (Å²) in [6, 6.07) is 15.5. The fourth-order valence-corrected chi connectivity index (χ4v) is 3.76. The number of para-hydroxylation sites is 2. The average Bonchev–Trinajstić information content (AvgIpc) is 2.85. The molecule has 0 aliphatic rings. The highest BCUT2D eigenvalue weighted by Crippen LogP contribution is 2.33. The highest BCUT2D eigenvalue weighted by molar-refractivity contribution is 14.1. The number of ether oxygens (including phenoxy) is 2. The van der Waals surface area contributed by atoms with E-state index in [4.69, 9.17) is 21.1 Å². The summed E-state index contributed by atoms with van der Waals surface area (Å²) < 4.78 is 25.2. The van der Waals surface area contributed by atoms with Gasteiger partial charge in [-0.25, -0.2) is 9.82 Å². The molecule has 3 rings (SSSR count). The molecule has 0 atom stereocenters. The molecule has 0 aromatic heterocycles. The van der Waals surface area contributed by atoms with Gasteiger partial charge in [0, 0.05) is 0 Å². The maximum atomic E-state index is 13.6. The third-order valence-electron chi connectivity index (χ3n) is 4.46. The van der Waals surface area contributed by atoms with E-state index in [1.807, 2.05) is 22.6 Å². The van der Waals surface area contributed by atoms with Crippen molar-refractivity contribution in [2.75, 3.05) is 24.4 Å². The molecule has 0 unspecified atom stereocenters. The lowest BCUT2D eigenvalue weighted by molar-refractivity contribution is -0.136. The molecule has 9 nitrogen and oxygen atoms in total. The number of hydrazone groups is 1. The van der Waals surface area contributed by atoms with Crippen molar-refractivity contribution < 1.29 is 28.2 Å². The monoisotopic (exact) mass is 624 g/mol. The predicted octanol–water partition coefficient (Wildman–Crippen LogP) is 4.20. The second-order valence-electron chi connectivity index (χ2n) is 6.98. The van der Waals surface area contributed by atoms with Crippen LogP contribution in [0.15, 0.2) is 65.8 Å². The lowest BCUT2D eigenvalue weighted by atomic mass is 10.2. The zero-order chi connectivity index (χ0) is 26.1. The number of methoxy groups -OCH3 is 1. The maximum Gasteiger partial charge on any atom is 0.329 e. The Balaban J connectivity index is 1.59. The van der Waals surface area contributed by atoms with Crippen molar-refractivity contribution in [2.45, 2.75) is 0 Å². The Morgan fingerprint density at radius 3 is 2.42 bits per heavy atom. The molecule has 0 heterocycles. The number of nitrogens with one attached hydrogen (secondary N) is 3. The van der Waals surface area contributed by atoms with Crippen molar-refractivity contribution in [2.24, 2.45) is 5.10 Å². The van der Waals surface area contributed by atoms with Gasteiger partial charge in [0.15, 0.2) is 18.1 Å². The van der Waals surface area contributed by atoms with Crippen LogP contribution < -0.4 is 25.5 Å². The number of carbonyl (C=O) groups is 3. The first-order chi connectivity index (χ1) is 17.3. The van der Waals surface area contributed by atoms with E-state index in [-0.39, 0.29) is 12.3 Å². The molecule has 0 spiro atoms. The quantitative estimate of drug-likeness (QED) is 0.150. The van der Waals surface area contributed by atoms with Gasteiger partial charge in [-0.05, 0) is 64.6 Å². The number of benzene rings is 3. The maximum absolute atomic E-state index is 13.6. The molecule has 0 saturated carbocycles. The smallest absolute Gasteiger partial charge is 0.329 e. The highest BCUT2D eigenvalue weighted by Gasteiger charge is 2.16. The molecular formula is C24H19ClFIN4O5. The zero-order valence-corrected chi connectivity index (χ0v) is 21.6. The van der Waals surface area contributed by atoms with Crippen LogP contribution in [0.25, 0.3) is 0 Å². The van der Waals surface area contributed by atoms with E-state index >= 15 is 0 Å². The summed E-state index contributed by atoms with van der Waals surface area (Å²) in [6.45, 7) is -0.293. The van der Waals surface area contributed by atoms with Crippen molar-refractivity contribution in [3.05, 3.63) is 80.6 Å². The molecule has 0 bridgehead atoms. The van der Waals surface area contributed by atoms with Gasteiger partial charge in [0.1, 0.15) is 5.82 Å². The molecule has 12 heteroatoms. The summed E-state index contributed by atoms with van der Waals surface area (Å²) in [6.07, 6.45) is 1.28. The van der Waals surface area contributed by atoms with E-state index < -0.39 is 23.5 Å². The summed E-state index contributed by atoms with van der Waals surface area (Å²) in [5, 5.41) is 8.97. The van der Waals surface area contributed by atoms with Crippen LogP contribution in [-0.2, 0) is 14.4 Å². The van der Waals surface area contributed by atoms with Crippen molar-refractivity contribution in [3.8, 4) is 11.5 Å². The van der Waals surface area contributed by atoms with Gasteiger partial charge in [0.25, 0.3) is 5.91 Å². The standard InChI is InChI=1S/C24H19ClFIN4O5/c1-35-20-11-14(12-28-31-24(34)23(33)30-19-9-5-3-7-16(19)26)10-17(27)22(20)36-13-21(32)29-18-8-4-2-6-15(18)25/h2-12H,13H2,1H3,(H,29,32)(H,30,33)(H,31,34)/b28-12-. The summed E-state index contributed by atoms with van der Waals surface area (Å²) in [7, 11) is 1.43. The van der Waals surface area contributed by atoms with Crippen molar-refractivity contribution in [1.29, 1.82) is 0 Å². The summed E-state index contributed by atoms with van der Waals surface area (Å²) >= 11 is 8.04. The molecular weight excluding hydrogens is 606 g/mol. The molecule has 3 amide bonds. The topological polar surface area (TPSA) is 118 Å². The molecule has 0 aliphatic carbocycles. The molecule has 0 saturated heterocycles. The first-order valence-corrected chi connectivity index (χ1v) is 11.7. The highest BCUT2D eigenvalue weighted by atomic mass is 127. The Bertz CT molecular complexity index is 1320. The van der Waals surface area contributed by atoms with Crippen LogP contribution in [0, 0.1) is 9.39 Å². The first kappa shape index (κ1) is 26.9. The van der Waals surface area contributed by atoms with Gasteiger partial charge in [-0.1, -0.05) is 35.9 Å². The molecule has 36 heavy (non-hydrogen) atoms. The second kappa shape index (κ2) is 12.8. The SMILES string of the molecule is COc1cc(/C=N\NC(=O)C(=O)Nc2ccccc2F)cc(I)c1OCC(=O)Nc1ccccc1Cl. The van der Waals surface area contributed by atoms with Crippen molar-refractivity contribution >= 4 is 69.5 Å². The Hall–Kier alpha value is -3.71. The van der Waals surface area contributed by atoms with Gasteiger partial charge < -0.3 is 20.1 Å². The van der Waals surface area contributed by atoms with Crippen LogP contribution in [-0.4, -0.2) is 37.7 Å². The van der Waals surface area contributed by atoms with E-state index in [2.05, 4.69) is 21.2 Å². The molecule has 0 fully saturated rings. The van der Waals surface area contributed by atoms with Gasteiger partial charge in [-0.2, -0.15) is 5.10 Å². The zero-order valence-electron chi connectivity index (χ0n) is 18.7. The van der Waals surface area contributed by atoms with E-state index in [0.717, 1.165) is 6.07 Å². The third-order valence-corrected chi connectivity index (χ3v) is 5.59. The van der Waals surface area contributed by atoms with Gasteiger partial charge in [0.05, 0.1) is 33.3 Å². The number of rotatable bonds is 8. The lowest BCUT2D eigenvalue weighted by Crippen LogP contribution is -2.32. The molecule has 3 aromatic carbocycles. The molecule has 3 aromatic rings. The Labute approximate surface area is 224 Å². The largest absolute Gasteiger partial charge is 0.493 e. The fraction of sp³-hybridized carbons (Fsp3) is 0.0833. The molecule has 3 N–H and O–H groups in total. The summed E-state index contributed by atoms with van der Waals surface area (Å²) in [4.78, 5) is 36.1. The lowest BCUT2D eigenvalue weighted by Gasteiger charge is -2.14.